The number of aromatic hydroxyl groups is 1. The number of ketones is 2. The van der Waals surface area contributed by atoms with Gasteiger partial charge in [-0.3, -0.25) is 14.4 Å². The summed E-state index contributed by atoms with van der Waals surface area (Å²) in [6, 6.07) is 0. The van der Waals surface area contributed by atoms with Crippen LogP contribution < -0.4 is 0 Å². The zero-order valence-electron chi connectivity index (χ0n) is 32.2. The highest BCUT2D eigenvalue weighted by molar-refractivity contribution is 6.13. The van der Waals surface area contributed by atoms with E-state index < -0.39 is 16.6 Å². The number of benzene rings is 1. The molecule has 1 aromatic rings. The van der Waals surface area contributed by atoms with Gasteiger partial charge >= 0.3 is 0 Å². The number of carbonyl (C=O) groups excluding carboxylic acids is 3. The Morgan fingerprint density at radius 3 is 2.04 bits per heavy atom. The van der Waals surface area contributed by atoms with Gasteiger partial charge in [0.25, 0.3) is 0 Å². The van der Waals surface area contributed by atoms with Crippen molar-refractivity contribution in [3.8, 4) is 5.75 Å². The van der Waals surface area contributed by atoms with Crippen molar-refractivity contribution in [2.75, 3.05) is 0 Å². The lowest BCUT2D eigenvalue weighted by atomic mass is 9.81. The van der Waals surface area contributed by atoms with Gasteiger partial charge in [-0.2, -0.15) is 0 Å². The summed E-state index contributed by atoms with van der Waals surface area (Å²) in [6.07, 6.45) is 16.0. The van der Waals surface area contributed by atoms with Crippen molar-refractivity contribution < 1.29 is 24.2 Å². The van der Waals surface area contributed by atoms with Gasteiger partial charge in [0, 0.05) is 29.4 Å². The van der Waals surface area contributed by atoms with Crippen LogP contribution in [0.15, 0.2) is 58.2 Å². The van der Waals surface area contributed by atoms with Crippen LogP contribution in [0.3, 0.4) is 0 Å². The monoisotopic (exact) mass is 658 g/mol. The predicted octanol–water partition coefficient (Wildman–Crippen LogP) is 10.7. The second-order valence-electron chi connectivity index (χ2n) is 15.0. The van der Waals surface area contributed by atoms with Crippen LogP contribution in [0.25, 0.3) is 0 Å². The van der Waals surface area contributed by atoms with Crippen molar-refractivity contribution >= 4 is 17.9 Å². The van der Waals surface area contributed by atoms with Gasteiger partial charge in [-0.15, -0.1) is 0 Å². The molecule has 1 aromatic carbocycles. The molecule has 1 saturated carbocycles. The summed E-state index contributed by atoms with van der Waals surface area (Å²) in [4.78, 5) is 39.4. The second kappa shape index (κ2) is 16.9. The number of rotatable bonds is 18. The van der Waals surface area contributed by atoms with E-state index in [1.807, 2.05) is 40.7 Å². The van der Waals surface area contributed by atoms with E-state index in [1.54, 1.807) is 19.9 Å². The molecule has 1 aliphatic carbocycles. The average molecular weight is 659 g/mol. The summed E-state index contributed by atoms with van der Waals surface area (Å²) >= 11 is 0. The molecule has 1 N–H and O–H groups in total. The zero-order chi connectivity index (χ0) is 36.6. The highest BCUT2D eigenvalue weighted by Crippen LogP contribution is 2.65. The van der Waals surface area contributed by atoms with Crippen LogP contribution in [0.5, 0.6) is 5.75 Å². The van der Waals surface area contributed by atoms with E-state index in [-0.39, 0.29) is 23.7 Å². The maximum absolute atomic E-state index is 14.7. The summed E-state index contributed by atoms with van der Waals surface area (Å²) in [5.41, 5.74) is 6.26. The van der Waals surface area contributed by atoms with E-state index in [4.69, 9.17) is 4.74 Å². The van der Waals surface area contributed by atoms with Crippen molar-refractivity contribution in [3.05, 3.63) is 86.1 Å². The fourth-order valence-electron chi connectivity index (χ4n) is 6.83. The summed E-state index contributed by atoms with van der Waals surface area (Å²) < 4.78 is 6.75. The van der Waals surface area contributed by atoms with Gasteiger partial charge in [0.1, 0.15) is 17.6 Å². The van der Waals surface area contributed by atoms with Crippen LogP contribution >= 0.6 is 0 Å². The summed E-state index contributed by atoms with van der Waals surface area (Å²) in [5.74, 6) is -0.175. The molecule has 1 aliphatic rings. The molecule has 3 unspecified atom stereocenters. The molecule has 1 fully saturated rings. The highest BCUT2D eigenvalue weighted by Gasteiger charge is 2.67. The minimum Gasteiger partial charge on any atom is -0.507 e. The highest BCUT2D eigenvalue weighted by atomic mass is 16.5. The van der Waals surface area contributed by atoms with Crippen LogP contribution in [0.2, 0.25) is 0 Å². The molecule has 0 amide bonds. The van der Waals surface area contributed by atoms with E-state index >= 15 is 0 Å². The van der Waals surface area contributed by atoms with Crippen molar-refractivity contribution in [3.63, 3.8) is 0 Å². The molecular formula is C43H62O5. The number of aldehydes is 1. The van der Waals surface area contributed by atoms with Gasteiger partial charge in [-0.05, 0) is 137 Å². The minimum atomic E-state index is -1.14. The van der Waals surface area contributed by atoms with Gasteiger partial charge in [0.15, 0.2) is 11.6 Å². The van der Waals surface area contributed by atoms with Crippen molar-refractivity contribution in [1.82, 2.24) is 0 Å². The van der Waals surface area contributed by atoms with Crippen LogP contribution in [-0.4, -0.2) is 34.2 Å². The molecule has 0 aliphatic heterocycles. The van der Waals surface area contributed by atoms with Gasteiger partial charge in [-0.25, -0.2) is 0 Å². The van der Waals surface area contributed by atoms with Crippen LogP contribution in [-0.2, 0) is 27.2 Å². The molecule has 0 saturated heterocycles. The summed E-state index contributed by atoms with van der Waals surface area (Å²) in [7, 11) is 0. The van der Waals surface area contributed by atoms with Crippen molar-refractivity contribution in [2.45, 2.75) is 153 Å². The van der Waals surface area contributed by atoms with Crippen molar-refractivity contribution in [1.29, 1.82) is 0 Å². The number of phenols is 1. The Labute approximate surface area is 291 Å². The number of hydrogen-bond donors (Lipinski definition) is 1. The molecule has 0 spiro atoms. The number of hydrogen-bond acceptors (Lipinski definition) is 5. The molecule has 3 atom stereocenters. The molecule has 0 aromatic heterocycles. The third-order valence-corrected chi connectivity index (χ3v) is 10.3. The fraction of sp³-hybridized carbons (Fsp3) is 0.558. The summed E-state index contributed by atoms with van der Waals surface area (Å²) in [5, 5.41) is 11.9. The third kappa shape index (κ3) is 9.43. The molecule has 0 radical (unpaired) electrons. The van der Waals surface area contributed by atoms with E-state index in [9.17, 15) is 19.5 Å². The Morgan fingerprint density at radius 2 is 1.50 bits per heavy atom. The van der Waals surface area contributed by atoms with E-state index in [0.29, 0.717) is 48.8 Å². The van der Waals surface area contributed by atoms with Gasteiger partial charge in [-0.1, -0.05) is 60.9 Å². The first-order valence-electron chi connectivity index (χ1n) is 17.7. The largest absolute Gasteiger partial charge is 0.507 e. The standard InChI is InChI=1S/C43H62O5/c1-14-17-37(45)42(12,25-24-31(8)26-44)48-43(13)27-41(43,11)36(15-2)40(47)38-33(10)34(22-20-29(5)6)32(9)35(39(38)46)23-21-30(7)19-16-18-28(3)4/h15,18,20-21,24,26,46H,14,16-17,19,22-23,25,27H2,1-13H3/b30-21+,31-24-,36-15-. The molecule has 48 heavy (non-hydrogen) atoms. The first kappa shape index (κ1) is 40.9. The quantitative estimate of drug-likeness (QED) is 0.0735. The Morgan fingerprint density at radius 1 is 0.896 bits per heavy atom. The van der Waals surface area contributed by atoms with E-state index in [1.165, 1.54) is 16.7 Å². The lowest BCUT2D eigenvalue weighted by Gasteiger charge is -2.34. The van der Waals surface area contributed by atoms with Gasteiger partial charge in [0.05, 0.1) is 11.2 Å². The predicted molar refractivity (Wildman–Crippen MR) is 200 cm³/mol. The first-order chi connectivity index (χ1) is 22.3. The van der Waals surface area contributed by atoms with Crippen molar-refractivity contribution in [2.24, 2.45) is 5.41 Å². The van der Waals surface area contributed by atoms with Gasteiger partial charge < -0.3 is 9.84 Å². The van der Waals surface area contributed by atoms with Gasteiger partial charge in [0.2, 0.25) is 0 Å². The normalized spacial score (nSPS) is 21.0. The third-order valence-electron chi connectivity index (χ3n) is 10.3. The summed E-state index contributed by atoms with van der Waals surface area (Å²) in [6.45, 7) is 25.8. The maximum Gasteiger partial charge on any atom is 0.193 e. The molecule has 5 heteroatoms. The molecule has 5 nitrogen and oxygen atoms in total. The molecule has 2 rings (SSSR count). The number of Topliss-reactive ketones (excluding diaryl/α,β-unsaturated/α-hetero) is 2. The van der Waals surface area contributed by atoms with E-state index in [2.05, 4.69) is 59.8 Å². The molecule has 264 valence electrons. The zero-order valence-corrected chi connectivity index (χ0v) is 32.2. The molecule has 0 heterocycles. The lowest BCUT2D eigenvalue weighted by Crippen LogP contribution is -2.43. The Hall–Kier alpha value is -3.31. The maximum atomic E-state index is 14.7. The minimum absolute atomic E-state index is 0.0199. The average Bonchev–Trinajstić information content (AvgIpc) is 3.54. The first-order valence-corrected chi connectivity index (χ1v) is 17.7. The second-order valence-corrected chi connectivity index (χ2v) is 15.0. The Balaban J connectivity index is 2.63. The Kier molecular flexibility index (Phi) is 14.4. The number of allylic oxidation sites excluding steroid dienone is 8. The van der Waals surface area contributed by atoms with Crippen LogP contribution in [0.1, 0.15) is 147 Å². The van der Waals surface area contributed by atoms with E-state index in [0.717, 1.165) is 41.4 Å². The Bertz CT molecular complexity index is 1540. The smallest absolute Gasteiger partial charge is 0.193 e. The molecule has 0 bridgehead atoms. The number of carbonyl (C=O) groups is 3. The fourth-order valence-corrected chi connectivity index (χ4v) is 6.83. The lowest BCUT2D eigenvalue weighted by molar-refractivity contribution is -0.155. The SMILES string of the molecule is C/C=C(/C(=O)c1c(C)c(CC=C(C)C)c(C)c(C/C=C(\C)CCC=C(C)C)c1O)C1(C)CC1(C)OC(C)(C/C=C(/C)C=O)C(=O)CCC. The molecular weight excluding hydrogens is 596 g/mol. The topological polar surface area (TPSA) is 80.7 Å². The van der Waals surface area contributed by atoms with Crippen LogP contribution in [0.4, 0.5) is 0 Å². The number of ether oxygens (including phenoxy) is 1. The van der Waals surface area contributed by atoms with Crippen LogP contribution in [0, 0.1) is 19.3 Å². The number of phenolic OH excluding ortho intramolecular Hbond substituents is 1.